The number of benzene rings is 1. The molecule has 1 unspecified atom stereocenters. The highest BCUT2D eigenvalue weighted by Crippen LogP contribution is 2.28. The predicted octanol–water partition coefficient (Wildman–Crippen LogP) is 2.76. The van der Waals surface area contributed by atoms with Crippen molar-refractivity contribution in [2.75, 3.05) is 33.2 Å². The first-order chi connectivity index (χ1) is 15.5. The summed E-state index contributed by atoms with van der Waals surface area (Å²) in [5.74, 6) is 1.13. The first kappa shape index (κ1) is 22.4. The zero-order chi connectivity index (χ0) is 22.5. The lowest BCUT2D eigenvalue weighted by Crippen LogP contribution is -2.45. The molecule has 0 radical (unpaired) electrons. The lowest BCUT2D eigenvalue weighted by atomic mass is 9.92. The Morgan fingerprint density at radius 3 is 2.56 bits per heavy atom. The van der Waals surface area contributed by atoms with Crippen LogP contribution < -0.4 is 5.32 Å². The number of hydrogen-bond donors (Lipinski definition) is 1. The molecule has 3 heterocycles. The zero-order valence-corrected chi connectivity index (χ0v) is 19.1. The molecule has 2 saturated heterocycles. The maximum atomic E-state index is 13.0. The van der Waals surface area contributed by atoms with Crippen molar-refractivity contribution >= 4 is 11.8 Å². The predicted molar refractivity (Wildman–Crippen MR) is 123 cm³/mol. The van der Waals surface area contributed by atoms with Crippen molar-refractivity contribution in [3.05, 3.63) is 59.2 Å². The number of aryl methyl sites for hydroxylation is 1. The number of piperidine rings is 2. The van der Waals surface area contributed by atoms with Gasteiger partial charge in [-0.15, -0.1) is 0 Å². The van der Waals surface area contributed by atoms with Crippen LogP contribution >= 0.6 is 0 Å². The minimum Gasteiger partial charge on any atom is -0.348 e. The van der Waals surface area contributed by atoms with E-state index in [1.165, 1.54) is 0 Å². The Labute approximate surface area is 190 Å². The normalized spacial score (nSPS) is 20.2. The van der Waals surface area contributed by atoms with Gasteiger partial charge < -0.3 is 15.1 Å². The van der Waals surface area contributed by atoms with E-state index in [-0.39, 0.29) is 23.7 Å². The van der Waals surface area contributed by atoms with E-state index in [1.54, 1.807) is 6.20 Å². The molecule has 32 heavy (non-hydrogen) atoms. The van der Waals surface area contributed by atoms with Crippen molar-refractivity contribution in [2.45, 2.75) is 45.1 Å². The fourth-order valence-electron chi connectivity index (χ4n) is 4.68. The number of nitrogens with one attached hydrogen (secondary N) is 1. The molecule has 2 fully saturated rings. The lowest BCUT2D eigenvalue weighted by molar-refractivity contribution is -0.138. The number of carbonyl (C=O) groups is 2. The first-order valence-corrected chi connectivity index (χ1v) is 11.6. The van der Waals surface area contributed by atoms with Crippen molar-refractivity contribution in [1.82, 2.24) is 25.1 Å². The topological polar surface area (TPSA) is 78.4 Å². The van der Waals surface area contributed by atoms with Gasteiger partial charge in [0, 0.05) is 37.7 Å². The van der Waals surface area contributed by atoms with Gasteiger partial charge in [-0.05, 0) is 58.3 Å². The van der Waals surface area contributed by atoms with Crippen LogP contribution in [0, 0.1) is 12.8 Å². The first-order valence-electron chi connectivity index (χ1n) is 11.6. The molecule has 2 aliphatic rings. The molecule has 7 heteroatoms. The molecule has 170 valence electrons. The molecule has 1 aromatic heterocycles. The highest BCUT2D eigenvalue weighted by atomic mass is 16.2. The van der Waals surface area contributed by atoms with Gasteiger partial charge in [0.25, 0.3) is 5.91 Å². The Hall–Kier alpha value is -2.80. The molecule has 2 aromatic rings. The Morgan fingerprint density at radius 2 is 1.84 bits per heavy atom. The minimum absolute atomic E-state index is 0.124. The van der Waals surface area contributed by atoms with Crippen LogP contribution in [0.3, 0.4) is 0 Å². The molecule has 0 saturated carbocycles. The van der Waals surface area contributed by atoms with E-state index in [4.69, 9.17) is 0 Å². The summed E-state index contributed by atoms with van der Waals surface area (Å²) in [6, 6.07) is 9.82. The van der Waals surface area contributed by atoms with Gasteiger partial charge in [-0.1, -0.05) is 30.3 Å². The van der Waals surface area contributed by atoms with Gasteiger partial charge >= 0.3 is 0 Å². The maximum Gasteiger partial charge on any atom is 0.254 e. The minimum atomic E-state index is -0.166. The smallest absolute Gasteiger partial charge is 0.254 e. The maximum absolute atomic E-state index is 13.0. The van der Waals surface area contributed by atoms with E-state index in [9.17, 15) is 9.59 Å². The third-order valence-corrected chi connectivity index (χ3v) is 6.70. The molecule has 4 rings (SSSR count). The third kappa shape index (κ3) is 5.33. The number of carbonyl (C=O) groups excluding carboxylic acids is 2. The highest BCUT2D eigenvalue weighted by molar-refractivity contribution is 5.94. The van der Waals surface area contributed by atoms with Crippen molar-refractivity contribution in [1.29, 1.82) is 0 Å². The van der Waals surface area contributed by atoms with Crippen LogP contribution in [0.1, 0.15) is 59.0 Å². The van der Waals surface area contributed by atoms with Crippen LogP contribution in [0.5, 0.6) is 0 Å². The van der Waals surface area contributed by atoms with Crippen LogP contribution in [-0.2, 0) is 11.3 Å². The molecule has 2 aliphatic heterocycles. The standard InChI is InChI=1S/C25H33N5O2/c1-18-22(24(31)27-15-19-7-4-3-5-8-19)16-26-23(28-18)21-9-6-12-30(17-21)25(32)20-10-13-29(2)14-11-20/h3-5,7-8,16,20-21H,6,9-15,17H2,1-2H3,(H,27,31). The lowest BCUT2D eigenvalue weighted by Gasteiger charge is -2.36. The SMILES string of the molecule is Cc1nc(C2CCCN(C(=O)C3CCN(C)CC3)C2)ncc1C(=O)NCc1ccccc1. The number of aromatic nitrogens is 2. The van der Waals surface area contributed by atoms with Gasteiger partial charge in [0.1, 0.15) is 5.82 Å². The molecule has 0 bridgehead atoms. The summed E-state index contributed by atoms with van der Waals surface area (Å²) in [7, 11) is 2.11. The quantitative estimate of drug-likeness (QED) is 0.781. The number of hydrogen-bond acceptors (Lipinski definition) is 5. The number of likely N-dealkylation sites (tertiary alicyclic amines) is 2. The summed E-state index contributed by atoms with van der Waals surface area (Å²) in [5, 5.41) is 2.94. The molecule has 1 aromatic carbocycles. The average Bonchev–Trinajstić information content (AvgIpc) is 2.83. The van der Waals surface area contributed by atoms with Crippen LogP contribution in [-0.4, -0.2) is 64.8 Å². The molecule has 7 nitrogen and oxygen atoms in total. The van der Waals surface area contributed by atoms with E-state index >= 15 is 0 Å². The Morgan fingerprint density at radius 1 is 1.09 bits per heavy atom. The molecule has 1 atom stereocenters. The van der Waals surface area contributed by atoms with Crippen molar-refractivity contribution in [3.8, 4) is 0 Å². The molecule has 1 N–H and O–H groups in total. The van der Waals surface area contributed by atoms with Crippen molar-refractivity contribution < 1.29 is 9.59 Å². The van der Waals surface area contributed by atoms with E-state index in [1.807, 2.05) is 42.2 Å². The fourth-order valence-corrected chi connectivity index (χ4v) is 4.68. The second kappa shape index (κ2) is 10.2. The summed E-state index contributed by atoms with van der Waals surface area (Å²) in [6.07, 6.45) is 5.45. The highest BCUT2D eigenvalue weighted by Gasteiger charge is 2.32. The van der Waals surface area contributed by atoms with E-state index < -0.39 is 0 Å². The van der Waals surface area contributed by atoms with Crippen LogP contribution in [0.25, 0.3) is 0 Å². The zero-order valence-electron chi connectivity index (χ0n) is 19.1. The molecule has 2 amide bonds. The molecular formula is C25H33N5O2. The van der Waals surface area contributed by atoms with E-state index in [0.717, 1.165) is 56.7 Å². The summed E-state index contributed by atoms with van der Waals surface area (Å²) >= 11 is 0. The Balaban J connectivity index is 1.37. The second-order valence-corrected chi connectivity index (χ2v) is 9.10. The van der Waals surface area contributed by atoms with Gasteiger partial charge in [-0.25, -0.2) is 9.97 Å². The summed E-state index contributed by atoms with van der Waals surface area (Å²) in [4.78, 5) is 39.2. The molecule has 0 spiro atoms. The van der Waals surface area contributed by atoms with Gasteiger partial charge in [0.15, 0.2) is 0 Å². The number of amides is 2. The molecule has 0 aliphatic carbocycles. The second-order valence-electron chi connectivity index (χ2n) is 9.10. The third-order valence-electron chi connectivity index (χ3n) is 6.70. The van der Waals surface area contributed by atoms with Crippen molar-refractivity contribution in [3.63, 3.8) is 0 Å². The summed E-state index contributed by atoms with van der Waals surface area (Å²) in [6.45, 7) is 5.79. The monoisotopic (exact) mass is 435 g/mol. The van der Waals surface area contributed by atoms with Gasteiger partial charge in [-0.3, -0.25) is 9.59 Å². The van der Waals surface area contributed by atoms with E-state index in [0.29, 0.717) is 24.3 Å². The Bertz CT molecular complexity index is 941. The van der Waals surface area contributed by atoms with Gasteiger partial charge in [0.2, 0.25) is 5.91 Å². The average molecular weight is 436 g/mol. The largest absolute Gasteiger partial charge is 0.348 e. The molecular weight excluding hydrogens is 402 g/mol. The van der Waals surface area contributed by atoms with Crippen LogP contribution in [0.4, 0.5) is 0 Å². The van der Waals surface area contributed by atoms with Crippen LogP contribution in [0.2, 0.25) is 0 Å². The van der Waals surface area contributed by atoms with Gasteiger partial charge in [-0.2, -0.15) is 0 Å². The Kier molecular flexibility index (Phi) is 7.15. The number of rotatable bonds is 5. The summed E-state index contributed by atoms with van der Waals surface area (Å²) < 4.78 is 0. The van der Waals surface area contributed by atoms with E-state index in [2.05, 4.69) is 27.2 Å². The van der Waals surface area contributed by atoms with Gasteiger partial charge in [0.05, 0.1) is 11.3 Å². The fraction of sp³-hybridized carbons (Fsp3) is 0.520. The van der Waals surface area contributed by atoms with Crippen molar-refractivity contribution in [2.24, 2.45) is 5.92 Å². The number of nitrogens with zero attached hydrogens (tertiary/aromatic N) is 4. The summed E-state index contributed by atoms with van der Waals surface area (Å²) in [5.41, 5.74) is 2.23. The van der Waals surface area contributed by atoms with Crippen LogP contribution in [0.15, 0.2) is 36.5 Å².